The Morgan fingerprint density at radius 1 is 1.11 bits per heavy atom. The van der Waals surface area contributed by atoms with Gasteiger partial charge in [0, 0.05) is 6.92 Å². The molecule has 0 aliphatic carbocycles. The molecule has 2 rings (SSSR count). The lowest BCUT2D eigenvalue weighted by atomic mass is 10.0. The van der Waals surface area contributed by atoms with Crippen LogP contribution in [0, 0.1) is 0 Å². The first kappa shape index (κ1) is 13.6. The zero-order valence-corrected chi connectivity index (χ0v) is 11.6. The number of hydrogen-bond donors (Lipinski definition) is 0. The van der Waals surface area contributed by atoms with Crippen molar-refractivity contribution in [2.24, 2.45) is 0 Å². The van der Waals surface area contributed by atoms with Gasteiger partial charge in [0.2, 0.25) is 0 Å². The van der Waals surface area contributed by atoms with E-state index in [1.165, 1.54) is 14.0 Å². The van der Waals surface area contributed by atoms with Crippen LogP contribution >= 0.6 is 11.8 Å². The summed E-state index contributed by atoms with van der Waals surface area (Å²) in [7, 11) is 1.33. The topological polar surface area (TPSA) is 43.4 Å². The molecule has 0 aliphatic heterocycles. The normalized spacial score (nSPS) is 12.1. The molecule has 1 unspecified atom stereocenters. The van der Waals surface area contributed by atoms with Gasteiger partial charge in [0.05, 0.1) is 7.11 Å². The van der Waals surface area contributed by atoms with E-state index in [0.717, 1.165) is 28.1 Å². The summed E-state index contributed by atoms with van der Waals surface area (Å²) in [5.41, 5.74) is 0.810. The molecule has 98 valence electrons. The summed E-state index contributed by atoms with van der Waals surface area (Å²) < 4.78 is 4.80. The zero-order chi connectivity index (χ0) is 13.8. The lowest BCUT2D eigenvalue weighted by Gasteiger charge is -2.15. The van der Waals surface area contributed by atoms with Gasteiger partial charge in [-0.15, -0.1) is 0 Å². The molecule has 19 heavy (non-hydrogen) atoms. The number of thioether (sulfide) groups is 1. The average molecular weight is 274 g/mol. The highest BCUT2D eigenvalue weighted by molar-refractivity contribution is 8.14. The van der Waals surface area contributed by atoms with E-state index in [4.69, 9.17) is 4.74 Å². The van der Waals surface area contributed by atoms with Gasteiger partial charge >= 0.3 is 5.97 Å². The van der Waals surface area contributed by atoms with Crippen molar-refractivity contribution in [3.05, 3.63) is 48.0 Å². The van der Waals surface area contributed by atoms with E-state index in [9.17, 15) is 9.59 Å². The van der Waals surface area contributed by atoms with E-state index in [0.29, 0.717) is 0 Å². The first-order valence-corrected chi connectivity index (χ1v) is 6.74. The van der Waals surface area contributed by atoms with Crippen molar-refractivity contribution in [2.75, 3.05) is 7.11 Å². The van der Waals surface area contributed by atoms with E-state index in [1.807, 2.05) is 42.5 Å². The van der Waals surface area contributed by atoms with E-state index in [-0.39, 0.29) is 5.12 Å². The van der Waals surface area contributed by atoms with Crippen LogP contribution in [0.1, 0.15) is 17.7 Å². The molecule has 0 radical (unpaired) electrons. The van der Waals surface area contributed by atoms with E-state index in [1.54, 1.807) is 0 Å². The number of esters is 1. The van der Waals surface area contributed by atoms with Crippen LogP contribution in [0.3, 0.4) is 0 Å². The predicted molar refractivity (Wildman–Crippen MR) is 77.0 cm³/mol. The summed E-state index contributed by atoms with van der Waals surface area (Å²) in [6.45, 7) is 1.45. The minimum absolute atomic E-state index is 0.108. The van der Waals surface area contributed by atoms with Crippen LogP contribution in [0.15, 0.2) is 42.5 Å². The van der Waals surface area contributed by atoms with Gasteiger partial charge in [-0.1, -0.05) is 54.2 Å². The van der Waals surface area contributed by atoms with Gasteiger partial charge in [0.1, 0.15) is 5.25 Å². The first-order chi connectivity index (χ1) is 9.13. The standard InChI is InChI=1S/C15H14O3S/c1-10(16)19-14(15(17)18-2)13-9-5-7-11-6-3-4-8-12(11)13/h3-9,14H,1-2H3. The fourth-order valence-electron chi connectivity index (χ4n) is 1.99. The Morgan fingerprint density at radius 3 is 2.47 bits per heavy atom. The van der Waals surface area contributed by atoms with Gasteiger partial charge in [0.25, 0.3) is 0 Å². The number of benzene rings is 2. The fraction of sp³-hybridized carbons (Fsp3) is 0.200. The molecular weight excluding hydrogens is 260 g/mol. The molecule has 3 nitrogen and oxygen atoms in total. The second kappa shape index (κ2) is 5.89. The number of rotatable bonds is 3. The van der Waals surface area contributed by atoms with Gasteiger partial charge in [-0.05, 0) is 16.3 Å². The molecule has 0 heterocycles. The molecule has 1 atom stereocenters. The molecule has 0 fully saturated rings. The smallest absolute Gasteiger partial charge is 0.323 e. The second-order valence-electron chi connectivity index (χ2n) is 4.08. The summed E-state index contributed by atoms with van der Waals surface area (Å²) in [6, 6.07) is 13.5. The molecule has 0 aliphatic rings. The number of fused-ring (bicyclic) bond motifs is 1. The molecule has 0 bridgehead atoms. The van der Waals surface area contributed by atoms with Crippen LogP contribution in [0.2, 0.25) is 0 Å². The molecule has 0 saturated heterocycles. The highest BCUT2D eigenvalue weighted by atomic mass is 32.2. The summed E-state index contributed by atoms with van der Waals surface area (Å²) in [6.07, 6.45) is 0. The third kappa shape index (κ3) is 2.96. The maximum atomic E-state index is 11.9. The van der Waals surface area contributed by atoms with Crippen LogP contribution in [0.25, 0.3) is 10.8 Å². The number of methoxy groups -OCH3 is 1. The Labute approximate surface area is 115 Å². The minimum Gasteiger partial charge on any atom is -0.468 e. The number of ether oxygens (including phenoxy) is 1. The highest BCUT2D eigenvalue weighted by Gasteiger charge is 2.25. The van der Waals surface area contributed by atoms with Crippen LogP contribution in [-0.2, 0) is 14.3 Å². The van der Waals surface area contributed by atoms with Gasteiger partial charge in [-0.25, -0.2) is 0 Å². The Bertz CT molecular complexity index is 616. The van der Waals surface area contributed by atoms with Crippen molar-refractivity contribution >= 4 is 33.6 Å². The van der Waals surface area contributed by atoms with Crippen molar-refractivity contribution in [1.29, 1.82) is 0 Å². The minimum atomic E-state index is -0.617. The quantitative estimate of drug-likeness (QED) is 0.805. The number of carbonyl (C=O) groups is 2. The fourth-order valence-corrected chi connectivity index (χ4v) is 2.85. The average Bonchev–Trinajstić information content (AvgIpc) is 2.43. The number of carbonyl (C=O) groups excluding carboxylic acids is 2. The van der Waals surface area contributed by atoms with Crippen molar-refractivity contribution in [2.45, 2.75) is 12.2 Å². The van der Waals surface area contributed by atoms with Crippen LogP contribution in [-0.4, -0.2) is 18.2 Å². The second-order valence-corrected chi connectivity index (χ2v) is 5.36. The van der Waals surface area contributed by atoms with Crippen molar-refractivity contribution in [1.82, 2.24) is 0 Å². The molecule has 2 aromatic rings. The van der Waals surface area contributed by atoms with Crippen LogP contribution < -0.4 is 0 Å². The van der Waals surface area contributed by atoms with Crippen LogP contribution in [0.4, 0.5) is 0 Å². The van der Waals surface area contributed by atoms with Crippen LogP contribution in [0.5, 0.6) is 0 Å². The summed E-state index contributed by atoms with van der Waals surface area (Å²) in [4.78, 5) is 23.2. The Kier molecular flexibility index (Phi) is 4.22. The summed E-state index contributed by atoms with van der Waals surface area (Å²) in [5.74, 6) is -0.406. The van der Waals surface area contributed by atoms with Crippen molar-refractivity contribution in [3.63, 3.8) is 0 Å². The number of hydrogen-bond acceptors (Lipinski definition) is 4. The van der Waals surface area contributed by atoms with Crippen molar-refractivity contribution in [3.8, 4) is 0 Å². The molecule has 0 amide bonds. The Hall–Kier alpha value is -1.81. The highest BCUT2D eigenvalue weighted by Crippen LogP contribution is 2.35. The van der Waals surface area contributed by atoms with E-state index >= 15 is 0 Å². The van der Waals surface area contributed by atoms with Gasteiger partial charge in [-0.3, -0.25) is 9.59 Å². The molecule has 4 heteroatoms. The molecule has 0 spiro atoms. The third-order valence-corrected chi connectivity index (χ3v) is 3.82. The summed E-state index contributed by atoms with van der Waals surface area (Å²) >= 11 is 0.987. The maximum Gasteiger partial charge on any atom is 0.323 e. The molecule has 0 N–H and O–H groups in total. The van der Waals surface area contributed by atoms with Gasteiger partial charge < -0.3 is 4.74 Å². The molecule has 0 saturated carbocycles. The monoisotopic (exact) mass is 274 g/mol. The molecule has 0 aromatic heterocycles. The van der Waals surface area contributed by atoms with E-state index in [2.05, 4.69) is 0 Å². The third-order valence-electron chi connectivity index (χ3n) is 2.80. The molecular formula is C15H14O3S. The first-order valence-electron chi connectivity index (χ1n) is 5.86. The lowest BCUT2D eigenvalue weighted by molar-refractivity contribution is -0.140. The molecule has 2 aromatic carbocycles. The maximum absolute atomic E-state index is 11.9. The lowest BCUT2D eigenvalue weighted by Crippen LogP contribution is -2.13. The van der Waals surface area contributed by atoms with Gasteiger partial charge in [-0.2, -0.15) is 0 Å². The largest absolute Gasteiger partial charge is 0.468 e. The SMILES string of the molecule is COC(=O)C(SC(C)=O)c1cccc2ccccc12. The van der Waals surface area contributed by atoms with Gasteiger partial charge in [0.15, 0.2) is 5.12 Å². The zero-order valence-electron chi connectivity index (χ0n) is 10.8. The summed E-state index contributed by atoms with van der Waals surface area (Å²) in [5, 5.41) is 1.28. The predicted octanol–water partition coefficient (Wildman–Crippen LogP) is 3.33. The van der Waals surface area contributed by atoms with E-state index < -0.39 is 11.2 Å². The van der Waals surface area contributed by atoms with Crippen molar-refractivity contribution < 1.29 is 14.3 Å². The Balaban J connectivity index is 2.55. The Morgan fingerprint density at radius 2 is 1.79 bits per heavy atom.